The van der Waals surface area contributed by atoms with Crippen molar-refractivity contribution in [1.82, 2.24) is 10.3 Å². The molecule has 134 valence electrons. The van der Waals surface area contributed by atoms with Gasteiger partial charge in [-0.05, 0) is 11.5 Å². The van der Waals surface area contributed by atoms with Crippen LogP contribution in [0.4, 0.5) is 0 Å². The molecular formula is C18H23N3O4. The number of carboxylic acids is 1. The number of amides is 2. The molecule has 7 heteroatoms. The Balaban J connectivity index is 2.11. The molecule has 0 spiro atoms. The number of aliphatic carboxylic acids is 1. The Morgan fingerprint density at radius 3 is 2.56 bits per heavy atom. The molecule has 0 fully saturated rings. The number of carbonyl (C=O) groups is 3. The summed E-state index contributed by atoms with van der Waals surface area (Å²) in [6.07, 6.45) is 1.02. The highest BCUT2D eigenvalue weighted by Crippen LogP contribution is 2.14. The third-order valence-corrected chi connectivity index (χ3v) is 4.31. The van der Waals surface area contributed by atoms with E-state index in [1.165, 1.54) is 5.01 Å². The van der Waals surface area contributed by atoms with Crippen molar-refractivity contribution < 1.29 is 19.5 Å². The van der Waals surface area contributed by atoms with Crippen LogP contribution in [0.3, 0.4) is 0 Å². The third kappa shape index (κ3) is 4.89. The van der Waals surface area contributed by atoms with E-state index in [1.807, 2.05) is 37.3 Å². The summed E-state index contributed by atoms with van der Waals surface area (Å²) in [7, 11) is 0. The molecule has 0 radical (unpaired) electrons. The lowest BCUT2D eigenvalue weighted by molar-refractivity contribution is -0.142. The first-order valence-corrected chi connectivity index (χ1v) is 8.37. The van der Waals surface area contributed by atoms with Gasteiger partial charge in [-0.1, -0.05) is 50.6 Å². The minimum atomic E-state index is -1.07. The van der Waals surface area contributed by atoms with E-state index in [9.17, 15) is 19.5 Å². The van der Waals surface area contributed by atoms with Gasteiger partial charge in [0, 0.05) is 12.8 Å². The van der Waals surface area contributed by atoms with Crippen molar-refractivity contribution in [3.05, 3.63) is 35.9 Å². The van der Waals surface area contributed by atoms with E-state index in [0.29, 0.717) is 6.42 Å². The summed E-state index contributed by atoms with van der Waals surface area (Å²) < 4.78 is 0. The Hall–Kier alpha value is -2.70. The molecule has 0 aliphatic carbocycles. The predicted octanol–water partition coefficient (Wildman–Crippen LogP) is 1.78. The van der Waals surface area contributed by atoms with Crippen molar-refractivity contribution in [3.63, 3.8) is 0 Å². The van der Waals surface area contributed by atoms with Crippen molar-refractivity contribution in [3.8, 4) is 0 Å². The summed E-state index contributed by atoms with van der Waals surface area (Å²) in [5.74, 6) is -1.96. The van der Waals surface area contributed by atoms with Gasteiger partial charge >= 0.3 is 5.97 Å². The van der Waals surface area contributed by atoms with Crippen LogP contribution in [0.5, 0.6) is 0 Å². The maximum absolute atomic E-state index is 12.4. The molecule has 7 nitrogen and oxygen atoms in total. The lowest BCUT2D eigenvalue weighted by atomic mass is 9.99. The van der Waals surface area contributed by atoms with Gasteiger partial charge in [0.2, 0.25) is 5.91 Å². The monoisotopic (exact) mass is 345 g/mol. The summed E-state index contributed by atoms with van der Waals surface area (Å²) in [4.78, 5) is 35.8. The van der Waals surface area contributed by atoms with Gasteiger partial charge in [-0.15, -0.1) is 0 Å². The van der Waals surface area contributed by atoms with Gasteiger partial charge in [0.15, 0.2) is 0 Å². The largest absolute Gasteiger partial charge is 0.480 e. The molecule has 1 aromatic rings. The molecule has 0 saturated carbocycles. The number of rotatable bonds is 7. The predicted molar refractivity (Wildman–Crippen MR) is 92.7 cm³/mol. The van der Waals surface area contributed by atoms with E-state index in [-0.39, 0.29) is 36.9 Å². The molecule has 2 atom stereocenters. The number of hydrogen-bond donors (Lipinski definition) is 2. The van der Waals surface area contributed by atoms with Crippen molar-refractivity contribution in [1.29, 1.82) is 0 Å². The lowest BCUT2D eigenvalue weighted by Crippen LogP contribution is -2.48. The molecule has 1 aliphatic heterocycles. The summed E-state index contributed by atoms with van der Waals surface area (Å²) in [6.45, 7) is 3.92. The van der Waals surface area contributed by atoms with E-state index in [4.69, 9.17) is 0 Å². The molecular weight excluding hydrogens is 322 g/mol. The molecule has 0 aromatic heterocycles. The van der Waals surface area contributed by atoms with Crippen LogP contribution in [0.2, 0.25) is 0 Å². The van der Waals surface area contributed by atoms with Crippen LogP contribution < -0.4 is 5.32 Å². The minimum Gasteiger partial charge on any atom is -0.480 e. The molecule has 2 N–H and O–H groups in total. The van der Waals surface area contributed by atoms with Crippen LogP contribution in [0.1, 0.15) is 38.7 Å². The molecule has 25 heavy (non-hydrogen) atoms. The topological polar surface area (TPSA) is 99.1 Å². The maximum Gasteiger partial charge on any atom is 0.326 e. The number of benzene rings is 1. The number of nitrogens with one attached hydrogen (secondary N) is 1. The number of nitrogens with zero attached hydrogens (tertiary/aromatic N) is 2. The van der Waals surface area contributed by atoms with Gasteiger partial charge in [-0.2, -0.15) is 5.10 Å². The summed E-state index contributed by atoms with van der Waals surface area (Å²) in [5, 5.41) is 17.2. The Morgan fingerprint density at radius 2 is 1.96 bits per heavy atom. The smallest absolute Gasteiger partial charge is 0.326 e. The van der Waals surface area contributed by atoms with E-state index in [1.54, 1.807) is 6.92 Å². The van der Waals surface area contributed by atoms with Crippen LogP contribution >= 0.6 is 0 Å². The number of hydrazone groups is 1. The molecule has 0 bridgehead atoms. The Labute approximate surface area is 146 Å². The molecule has 2 unspecified atom stereocenters. The van der Waals surface area contributed by atoms with Gasteiger partial charge in [0.25, 0.3) is 5.91 Å². The van der Waals surface area contributed by atoms with Gasteiger partial charge in [-0.25, -0.2) is 9.80 Å². The van der Waals surface area contributed by atoms with Crippen LogP contribution in [-0.2, 0) is 20.9 Å². The fourth-order valence-electron chi connectivity index (χ4n) is 2.55. The Morgan fingerprint density at radius 1 is 1.28 bits per heavy atom. The van der Waals surface area contributed by atoms with Gasteiger partial charge < -0.3 is 10.4 Å². The van der Waals surface area contributed by atoms with Crippen molar-refractivity contribution in [2.75, 3.05) is 0 Å². The average molecular weight is 345 g/mol. The number of carboxylic acid groups (broad SMARTS) is 1. The maximum atomic E-state index is 12.4. The van der Waals surface area contributed by atoms with Crippen molar-refractivity contribution >= 4 is 23.5 Å². The van der Waals surface area contributed by atoms with Crippen molar-refractivity contribution in [2.24, 2.45) is 11.0 Å². The zero-order valence-corrected chi connectivity index (χ0v) is 14.4. The highest BCUT2D eigenvalue weighted by atomic mass is 16.4. The van der Waals surface area contributed by atoms with Crippen LogP contribution in [0, 0.1) is 5.92 Å². The van der Waals surface area contributed by atoms with Crippen LogP contribution in [0.15, 0.2) is 35.4 Å². The second kappa shape index (κ2) is 8.41. The fourth-order valence-corrected chi connectivity index (χ4v) is 2.55. The summed E-state index contributed by atoms with van der Waals surface area (Å²) >= 11 is 0. The molecule has 0 saturated heterocycles. The molecule has 1 heterocycles. The molecule has 1 aliphatic rings. The van der Waals surface area contributed by atoms with E-state index >= 15 is 0 Å². The zero-order valence-electron chi connectivity index (χ0n) is 14.4. The van der Waals surface area contributed by atoms with E-state index in [2.05, 4.69) is 10.4 Å². The standard InChI is InChI=1S/C18H23N3O4/c1-3-12(2)16(18(24)25)19-17(23)14-9-10-15(22)21(20-14)11-13-7-5-4-6-8-13/h4-8,12,16H,3,9-11H2,1-2H3,(H,19,23)(H,24,25). The van der Waals surface area contributed by atoms with E-state index in [0.717, 1.165) is 5.56 Å². The van der Waals surface area contributed by atoms with Crippen LogP contribution in [-0.4, -0.2) is 39.7 Å². The van der Waals surface area contributed by atoms with Gasteiger partial charge in [0.05, 0.1) is 6.54 Å². The van der Waals surface area contributed by atoms with Gasteiger partial charge in [0.1, 0.15) is 11.8 Å². The van der Waals surface area contributed by atoms with Gasteiger partial charge in [-0.3, -0.25) is 9.59 Å². The molecule has 2 rings (SSSR count). The summed E-state index contributed by atoms with van der Waals surface area (Å²) in [5.41, 5.74) is 1.09. The van der Waals surface area contributed by atoms with Crippen LogP contribution in [0.25, 0.3) is 0 Å². The second-order valence-electron chi connectivity index (χ2n) is 6.16. The second-order valence-corrected chi connectivity index (χ2v) is 6.16. The number of carbonyl (C=O) groups excluding carboxylic acids is 2. The minimum absolute atomic E-state index is 0.155. The lowest BCUT2D eigenvalue weighted by Gasteiger charge is -2.25. The first-order chi connectivity index (χ1) is 11.9. The molecule has 1 aromatic carbocycles. The quantitative estimate of drug-likeness (QED) is 0.787. The van der Waals surface area contributed by atoms with Crippen molar-refractivity contribution in [2.45, 2.75) is 45.7 Å². The third-order valence-electron chi connectivity index (χ3n) is 4.31. The molecule has 2 amide bonds. The zero-order chi connectivity index (χ0) is 18.4. The number of hydrogen-bond acceptors (Lipinski definition) is 4. The Kier molecular flexibility index (Phi) is 6.27. The fraction of sp³-hybridized carbons (Fsp3) is 0.444. The first kappa shape index (κ1) is 18.6. The highest BCUT2D eigenvalue weighted by molar-refractivity contribution is 6.39. The first-order valence-electron chi connectivity index (χ1n) is 8.37. The summed E-state index contributed by atoms with van der Waals surface area (Å²) in [6, 6.07) is 8.39. The average Bonchev–Trinajstić information content (AvgIpc) is 2.61. The highest BCUT2D eigenvalue weighted by Gasteiger charge is 2.30. The SMILES string of the molecule is CCC(C)C(NC(=O)C1=NN(Cc2ccccc2)C(=O)CC1)C(=O)O. The van der Waals surface area contributed by atoms with E-state index < -0.39 is 17.9 Å². The normalized spacial score (nSPS) is 16.8. The Bertz CT molecular complexity index is 672.